The van der Waals surface area contributed by atoms with Crippen molar-refractivity contribution in [3.05, 3.63) is 23.8 Å². The van der Waals surface area contributed by atoms with Crippen molar-refractivity contribution in [2.24, 2.45) is 0 Å². The molecule has 0 N–H and O–H groups in total. The molecule has 1 fully saturated rings. The second kappa shape index (κ2) is 8.00. The summed E-state index contributed by atoms with van der Waals surface area (Å²) in [7, 11) is 4.86. The summed E-state index contributed by atoms with van der Waals surface area (Å²) in [5, 5.41) is 0. The van der Waals surface area contributed by atoms with Crippen LogP contribution in [0.4, 0.5) is 0 Å². The molecule has 122 valence electrons. The van der Waals surface area contributed by atoms with E-state index in [1.807, 2.05) is 4.90 Å². The van der Waals surface area contributed by atoms with E-state index in [0.29, 0.717) is 17.1 Å². The van der Waals surface area contributed by atoms with Crippen LogP contribution in [0.25, 0.3) is 0 Å². The maximum atomic E-state index is 12.6. The van der Waals surface area contributed by atoms with E-state index in [9.17, 15) is 4.79 Å². The third kappa shape index (κ3) is 3.90. The molecule has 1 aromatic carbocycles. The molecule has 0 aromatic heterocycles. The van der Waals surface area contributed by atoms with Crippen LogP contribution in [0.1, 0.15) is 10.4 Å². The average molecular weight is 308 g/mol. The highest BCUT2D eigenvalue weighted by Gasteiger charge is 2.22. The van der Waals surface area contributed by atoms with E-state index in [-0.39, 0.29) is 5.91 Å². The minimum absolute atomic E-state index is 0.0346. The van der Waals surface area contributed by atoms with Crippen molar-refractivity contribution < 1.29 is 19.0 Å². The first-order chi connectivity index (χ1) is 10.7. The SMILES string of the molecule is COCCN1CCN(C(=O)c2ccc(OC)c(OC)c2)CC1. The van der Waals surface area contributed by atoms with E-state index in [0.717, 1.165) is 39.3 Å². The summed E-state index contributed by atoms with van der Waals surface area (Å²) in [6, 6.07) is 5.28. The Morgan fingerprint density at radius 2 is 1.73 bits per heavy atom. The molecule has 0 bridgehead atoms. The monoisotopic (exact) mass is 308 g/mol. The fourth-order valence-electron chi connectivity index (χ4n) is 2.55. The van der Waals surface area contributed by atoms with Crippen molar-refractivity contribution in [1.29, 1.82) is 0 Å². The van der Waals surface area contributed by atoms with E-state index >= 15 is 0 Å². The van der Waals surface area contributed by atoms with Gasteiger partial charge < -0.3 is 19.1 Å². The number of hydrogen-bond acceptors (Lipinski definition) is 5. The third-order valence-corrected chi connectivity index (χ3v) is 3.90. The first-order valence-electron chi connectivity index (χ1n) is 7.42. The Kier molecular flexibility index (Phi) is 6.03. The van der Waals surface area contributed by atoms with E-state index < -0.39 is 0 Å². The first-order valence-corrected chi connectivity index (χ1v) is 7.42. The molecule has 22 heavy (non-hydrogen) atoms. The van der Waals surface area contributed by atoms with Crippen molar-refractivity contribution in [1.82, 2.24) is 9.80 Å². The van der Waals surface area contributed by atoms with Gasteiger partial charge >= 0.3 is 0 Å². The molecule has 0 aliphatic carbocycles. The van der Waals surface area contributed by atoms with Crippen LogP contribution in [-0.4, -0.2) is 76.4 Å². The van der Waals surface area contributed by atoms with Gasteiger partial charge in [-0.2, -0.15) is 0 Å². The van der Waals surface area contributed by atoms with Gasteiger partial charge in [-0.3, -0.25) is 9.69 Å². The van der Waals surface area contributed by atoms with Crippen molar-refractivity contribution >= 4 is 5.91 Å². The minimum Gasteiger partial charge on any atom is -0.493 e. The van der Waals surface area contributed by atoms with E-state index in [2.05, 4.69) is 4.90 Å². The number of benzene rings is 1. The lowest BCUT2D eigenvalue weighted by Gasteiger charge is -2.34. The smallest absolute Gasteiger partial charge is 0.254 e. The lowest BCUT2D eigenvalue weighted by Crippen LogP contribution is -2.49. The number of piperazine rings is 1. The molecule has 6 heteroatoms. The molecule has 1 aliphatic heterocycles. The molecule has 0 spiro atoms. The molecule has 2 rings (SSSR count). The van der Waals surface area contributed by atoms with Crippen LogP contribution in [0, 0.1) is 0 Å². The zero-order valence-electron chi connectivity index (χ0n) is 13.5. The minimum atomic E-state index is 0.0346. The number of amides is 1. The molecule has 0 atom stereocenters. The Labute approximate surface area is 131 Å². The number of rotatable bonds is 6. The Balaban J connectivity index is 1.98. The summed E-state index contributed by atoms with van der Waals surface area (Å²) in [5.74, 6) is 1.24. The quantitative estimate of drug-likeness (QED) is 0.788. The third-order valence-electron chi connectivity index (χ3n) is 3.90. The normalized spacial score (nSPS) is 15.7. The molecule has 1 heterocycles. The second-order valence-electron chi connectivity index (χ2n) is 5.20. The molecular weight excluding hydrogens is 284 g/mol. The van der Waals surface area contributed by atoms with Crippen LogP contribution in [0.3, 0.4) is 0 Å². The lowest BCUT2D eigenvalue weighted by atomic mass is 10.1. The summed E-state index contributed by atoms with van der Waals surface area (Å²) in [6.45, 7) is 4.86. The standard InChI is InChI=1S/C16H24N2O4/c1-20-11-10-17-6-8-18(9-7-17)16(19)13-4-5-14(21-2)15(12-13)22-3/h4-5,12H,6-11H2,1-3H3. The van der Waals surface area contributed by atoms with Crippen molar-refractivity contribution in [3.8, 4) is 11.5 Å². The maximum Gasteiger partial charge on any atom is 0.254 e. The molecule has 1 aromatic rings. The predicted octanol–water partition coefficient (Wildman–Crippen LogP) is 1.11. The van der Waals surface area contributed by atoms with Crippen LogP contribution < -0.4 is 9.47 Å². The van der Waals surface area contributed by atoms with Crippen molar-refractivity contribution in [2.45, 2.75) is 0 Å². The van der Waals surface area contributed by atoms with Crippen molar-refractivity contribution in [2.75, 3.05) is 60.7 Å². The molecule has 0 saturated carbocycles. The van der Waals surface area contributed by atoms with E-state index in [1.54, 1.807) is 39.5 Å². The molecule has 6 nitrogen and oxygen atoms in total. The predicted molar refractivity (Wildman–Crippen MR) is 83.8 cm³/mol. The van der Waals surface area contributed by atoms with Crippen LogP contribution in [-0.2, 0) is 4.74 Å². The topological polar surface area (TPSA) is 51.2 Å². The number of ether oxygens (including phenoxy) is 3. The lowest BCUT2D eigenvalue weighted by molar-refractivity contribution is 0.0594. The summed E-state index contributed by atoms with van der Waals surface area (Å²) < 4.78 is 15.5. The second-order valence-corrected chi connectivity index (χ2v) is 5.20. The van der Waals surface area contributed by atoms with Gasteiger partial charge in [0.25, 0.3) is 5.91 Å². The van der Waals surface area contributed by atoms with E-state index in [4.69, 9.17) is 14.2 Å². The Hall–Kier alpha value is -1.79. The number of hydrogen-bond donors (Lipinski definition) is 0. The average Bonchev–Trinajstić information content (AvgIpc) is 2.59. The van der Waals surface area contributed by atoms with Gasteiger partial charge in [0.2, 0.25) is 0 Å². The van der Waals surface area contributed by atoms with Crippen LogP contribution in [0.5, 0.6) is 11.5 Å². The Morgan fingerprint density at radius 1 is 1.05 bits per heavy atom. The van der Waals surface area contributed by atoms with Gasteiger partial charge in [-0.05, 0) is 18.2 Å². The number of carbonyl (C=O) groups is 1. The zero-order valence-corrected chi connectivity index (χ0v) is 13.5. The fourth-order valence-corrected chi connectivity index (χ4v) is 2.55. The van der Waals surface area contributed by atoms with Gasteiger partial charge in [-0.25, -0.2) is 0 Å². The highest BCUT2D eigenvalue weighted by Crippen LogP contribution is 2.28. The van der Waals surface area contributed by atoms with Gasteiger partial charge in [0.15, 0.2) is 11.5 Å². The summed E-state index contributed by atoms with van der Waals surface area (Å²) in [4.78, 5) is 16.8. The molecule has 0 unspecified atom stereocenters. The maximum absolute atomic E-state index is 12.6. The van der Waals surface area contributed by atoms with Gasteiger partial charge in [0.1, 0.15) is 0 Å². The summed E-state index contributed by atoms with van der Waals surface area (Å²) in [6.07, 6.45) is 0. The van der Waals surface area contributed by atoms with Crippen LogP contribution in [0.15, 0.2) is 18.2 Å². The van der Waals surface area contributed by atoms with Crippen LogP contribution >= 0.6 is 0 Å². The number of methoxy groups -OCH3 is 3. The highest BCUT2D eigenvalue weighted by molar-refractivity contribution is 5.95. The van der Waals surface area contributed by atoms with Gasteiger partial charge in [0.05, 0.1) is 20.8 Å². The largest absolute Gasteiger partial charge is 0.493 e. The van der Waals surface area contributed by atoms with E-state index in [1.165, 1.54) is 0 Å². The summed E-state index contributed by atoms with van der Waals surface area (Å²) >= 11 is 0. The number of nitrogens with zero attached hydrogens (tertiary/aromatic N) is 2. The first kappa shape index (κ1) is 16.6. The Morgan fingerprint density at radius 3 is 2.32 bits per heavy atom. The van der Waals surface area contributed by atoms with Gasteiger partial charge in [0, 0.05) is 45.4 Å². The fraction of sp³-hybridized carbons (Fsp3) is 0.562. The molecule has 0 radical (unpaired) electrons. The summed E-state index contributed by atoms with van der Waals surface area (Å²) in [5.41, 5.74) is 0.628. The molecule has 1 saturated heterocycles. The molecule has 1 aliphatic rings. The Bertz CT molecular complexity index is 499. The van der Waals surface area contributed by atoms with Gasteiger partial charge in [-0.15, -0.1) is 0 Å². The molecular formula is C16H24N2O4. The van der Waals surface area contributed by atoms with Crippen molar-refractivity contribution in [3.63, 3.8) is 0 Å². The number of carbonyl (C=O) groups excluding carboxylic acids is 1. The highest BCUT2D eigenvalue weighted by atomic mass is 16.5. The molecule has 1 amide bonds. The van der Waals surface area contributed by atoms with Crippen LogP contribution in [0.2, 0.25) is 0 Å². The van der Waals surface area contributed by atoms with Gasteiger partial charge in [-0.1, -0.05) is 0 Å². The zero-order chi connectivity index (χ0) is 15.9.